The van der Waals surface area contributed by atoms with Crippen molar-refractivity contribution in [2.45, 2.75) is 33.2 Å². The zero-order chi connectivity index (χ0) is 11.8. The van der Waals surface area contributed by atoms with Crippen LogP contribution in [0, 0.1) is 5.92 Å². The van der Waals surface area contributed by atoms with Crippen molar-refractivity contribution < 1.29 is 4.74 Å². The molecule has 0 amide bonds. The average molecular weight is 225 g/mol. The highest BCUT2D eigenvalue weighted by Crippen LogP contribution is 2.01. The maximum Gasteiger partial charge on any atom is 0.0948 e. The van der Waals surface area contributed by atoms with Gasteiger partial charge in [0, 0.05) is 31.5 Å². The Balaban J connectivity index is 2.18. The van der Waals surface area contributed by atoms with Crippen molar-refractivity contribution >= 4 is 0 Å². The highest BCUT2D eigenvalue weighted by molar-refractivity contribution is 4.98. The van der Waals surface area contributed by atoms with Crippen LogP contribution in [-0.4, -0.2) is 29.3 Å². The van der Waals surface area contributed by atoms with Crippen molar-refractivity contribution in [1.82, 2.24) is 9.55 Å². The second-order valence-electron chi connectivity index (χ2n) is 4.41. The molecular weight excluding hydrogens is 202 g/mol. The van der Waals surface area contributed by atoms with Gasteiger partial charge in [-0.1, -0.05) is 13.8 Å². The summed E-state index contributed by atoms with van der Waals surface area (Å²) < 4.78 is 7.68. The van der Waals surface area contributed by atoms with E-state index in [2.05, 4.69) is 23.4 Å². The molecule has 0 atom stereocenters. The third kappa shape index (κ3) is 4.77. The lowest BCUT2D eigenvalue weighted by Crippen LogP contribution is -2.12. The van der Waals surface area contributed by atoms with Crippen LogP contribution in [0.15, 0.2) is 12.5 Å². The van der Waals surface area contributed by atoms with Gasteiger partial charge in [0.25, 0.3) is 0 Å². The highest BCUT2D eigenvalue weighted by atomic mass is 16.5. The van der Waals surface area contributed by atoms with Gasteiger partial charge >= 0.3 is 0 Å². The van der Waals surface area contributed by atoms with Crippen LogP contribution in [0.4, 0.5) is 0 Å². The minimum atomic E-state index is 0.667. The lowest BCUT2D eigenvalue weighted by atomic mass is 10.1. The van der Waals surface area contributed by atoms with Gasteiger partial charge in [0.2, 0.25) is 0 Å². The van der Waals surface area contributed by atoms with Crippen LogP contribution in [-0.2, 0) is 17.7 Å². The molecule has 0 aromatic carbocycles. The highest BCUT2D eigenvalue weighted by Gasteiger charge is 2.00. The van der Waals surface area contributed by atoms with Gasteiger partial charge in [0.1, 0.15) is 0 Å². The Morgan fingerprint density at radius 2 is 2.25 bits per heavy atom. The minimum Gasteiger partial charge on any atom is -0.380 e. The summed E-state index contributed by atoms with van der Waals surface area (Å²) in [4.78, 5) is 4.12. The summed E-state index contributed by atoms with van der Waals surface area (Å²) >= 11 is 0. The van der Waals surface area contributed by atoms with Crippen molar-refractivity contribution in [3.63, 3.8) is 0 Å². The third-order valence-corrected chi connectivity index (χ3v) is 2.52. The Hall–Kier alpha value is -0.870. The molecule has 4 nitrogen and oxygen atoms in total. The summed E-state index contributed by atoms with van der Waals surface area (Å²) in [6, 6.07) is 0. The molecule has 0 radical (unpaired) electrons. The van der Waals surface area contributed by atoms with E-state index in [0.29, 0.717) is 12.5 Å². The van der Waals surface area contributed by atoms with Crippen LogP contribution in [0.5, 0.6) is 0 Å². The fraction of sp³-hybridized carbons (Fsp3) is 0.750. The number of nitrogens with zero attached hydrogens (tertiary/aromatic N) is 2. The predicted octanol–water partition coefficient (Wildman–Crippen LogP) is 1.45. The summed E-state index contributed by atoms with van der Waals surface area (Å²) in [7, 11) is 0. The van der Waals surface area contributed by atoms with Gasteiger partial charge in [-0.2, -0.15) is 0 Å². The predicted molar refractivity (Wildman–Crippen MR) is 65.3 cm³/mol. The fourth-order valence-electron chi connectivity index (χ4n) is 1.49. The smallest absolute Gasteiger partial charge is 0.0948 e. The van der Waals surface area contributed by atoms with Gasteiger partial charge in [-0.05, 0) is 18.9 Å². The van der Waals surface area contributed by atoms with E-state index in [0.717, 1.165) is 32.6 Å². The Bertz CT molecular complexity index is 284. The molecule has 1 heterocycles. The molecule has 2 N–H and O–H groups in total. The van der Waals surface area contributed by atoms with E-state index in [1.807, 2.05) is 12.5 Å². The molecular formula is C12H23N3O. The molecule has 16 heavy (non-hydrogen) atoms. The normalized spacial score (nSPS) is 11.2. The summed E-state index contributed by atoms with van der Waals surface area (Å²) in [5.41, 5.74) is 6.72. The second-order valence-corrected chi connectivity index (χ2v) is 4.41. The zero-order valence-electron chi connectivity index (χ0n) is 10.4. The Kier molecular flexibility index (Phi) is 6.11. The molecule has 0 saturated heterocycles. The molecule has 0 fully saturated rings. The number of hydrogen-bond acceptors (Lipinski definition) is 3. The SMILES string of the molecule is CC(C)CCOCCn1cncc1CCN. The summed E-state index contributed by atoms with van der Waals surface area (Å²) in [6.45, 7) is 7.55. The van der Waals surface area contributed by atoms with E-state index in [9.17, 15) is 0 Å². The molecule has 0 bridgehead atoms. The molecule has 0 unspecified atom stereocenters. The second kappa shape index (κ2) is 7.41. The minimum absolute atomic E-state index is 0.667. The van der Waals surface area contributed by atoms with E-state index >= 15 is 0 Å². The third-order valence-electron chi connectivity index (χ3n) is 2.52. The Morgan fingerprint density at radius 1 is 1.44 bits per heavy atom. The molecule has 1 aromatic rings. The van der Waals surface area contributed by atoms with Gasteiger partial charge in [-0.25, -0.2) is 4.98 Å². The lowest BCUT2D eigenvalue weighted by Gasteiger charge is -2.09. The summed E-state index contributed by atoms with van der Waals surface area (Å²) in [5, 5.41) is 0. The number of imidazole rings is 1. The Morgan fingerprint density at radius 3 is 2.94 bits per heavy atom. The van der Waals surface area contributed by atoms with E-state index in [-0.39, 0.29) is 0 Å². The lowest BCUT2D eigenvalue weighted by molar-refractivity contribution is 0.116. The van der Waals surface area contributed by atoms with Gasteiger partial charge in [0.15, 0.2) is 0 Å². The fourth-order valence-corrected chi connectivity index (χ4v) is 1.49. The summed E-state index contributed by atoms with van der Waals surface area (Å²) in [5.74, 6) is 0.709. The monoisotopic (exact) mass is 225 g/mol. The molecule has 92 valence electrons. The van der Waals surface area contributed by atoms with E-state index in [1.165, 1.54) is 5.69 Å². The molecule has 0 spiro atoms. The first-order valence-corrected chi connectivity index (χ1v) is 6.01. The maximum atomic E-state index is 5.57. The van der Waals surface area contributed by atoms with Crippen LogP contribution in [0.25, 0.3) is 0 Å². The molecule has 4 heteroatoms. The Labute approximate surface area is 97.8 Å². The molecule has 0 aliphatic heterocycles. The first-order chi connectivity index (χ1) is 7.74. The number of nitrogens with two attached hydrogens (primary N) is 1. The summed E-state index contributed by atoms with van der Waals surface area (Å²) in [6.07, 6.45) is 5.73. The topological polar surface area (TPSA) is 53.1 Å². The number of hydrogen-bond donors (Lipinski definition) is 1. The molecule has 1 aromatic heterocycles. The van der Waals surface area contributed by atoms with Crippen molar-refractivity contribution in [1.29, 1.82) is 0 Å². The van der Waals surface area contributed by atoms with Gasteiger partial charge < -0.3 is 15.0 Å². The average Bonchev–Trinajstić information content (AvgIpc) is 2.65. The first kappa shape index (κ1) is 13.2. The van der Waals surface area contributed by atoms with Crippen LogP contribution < -0.4 is 5.73 Å². The standard InChI is InChI=1S/C12H23N3O/c1-11(2)4-7-16-8-6-15-10-14-9-12(15)3-5-13/h9-11H,3-8,13H2,1-2H3. The first-order valence-electron chi connectivity index (χ1n) is 6.01. The van der Waals surface area contributed by atoms with E-state index < -0.39 is 0 Å². The van der Waals surface area contributed by atoms with Crippen molar-refractivity contribution in [3.05, 3.63) is 18.2 Å². The molecule has 0 aliphatic rings. The van der Waals surface area contributed by atoms with Crippen molar-refractivity contribution in [2.24, 2.45) is 11.7 Å². The zero-order valence-corrected chi connectivity index (χ0v) is 10.4. The van der Waals surface area contributed by atoms with Crippen molar-refractivity contribution in [3.8, 4) is 0 Å². The van der Waals surface area contributed by atoms with Gasteiger partial charge in [-0.15, -0.1) is 0 Å². The number of aromatic nitrogens is 2. The number of ether oxygens (including phenoxy) is 1. The number of rotatable bonds is 8. The molecule has 0 aliphatic carbocycles. The molecule has 0 saturated carbocycles. The molecule has 1 rings (SSSR count). The van der Waals surface area contributed by atoms with Crippen LogP contribution in [0.2, 0.25) is 0 Å². The van der Waals surface area contributed by atoms with Crippen molar-refractivity contribution in [2.75, 3.05) is 19.8 Å². The van der Waals surface area contributed by atoms with Crippen LogP contribution in [0.1, 0.15) is 26.0 Å². The van der Waals surface area contributed by atoms with Gasteiger partial charge in [0.05, 0.1) is 12.9 Å². The van der Waals surface area contributed by atoms with E-state index in [4.69, 9.17) is 10.5 Å². The van der Waals surface area contributed by atoms with Crippen LogP contribution >= 0.6 is 0 Å². The maximum absolute atomic E-state index is 5.57. The van der Waals surface area contributed by atoms with E-state index in [1.54, 1.807) is 0 Å². The van der Waals surface area contributed by atoms with Crippen LogP contribution in [0.3, 0.4) is 0 Å². The largest absolute Gasteiger partial charge is 0.380 e. The van der Waals surface area contributed by atoms with Gasteiger partial charge in [-0.3, -0.25) is 0 Å². The quantitative estimate of drug-likeness (QED) is 0.681.